The zero-order valence-corrected chi connectivity index (χ0v) is 12.1. The molecule has 1 fully saturated rings. The van der Waals surface area contributed by atoms with Gasteiger partial charge in [-0.2, -0.15) is 5.10 Å². The van der Waals surface area contributed by atoms with E-state index in [2.05, 4.69) is 15.5 Å². The number of carboxylic acids is 1. The van der Waals surface area contributed by atoms with E-state index in [0.717, 1.165) is 0 Å². The highest BCUT2D eigenvalue weighted by molar-refractivity contribution is 8.15. The molecule has 110 valence electrons. The predicted octanol–water partition coefficient (Wildman–Crippen LogP) is 1.36. The smallest absolute Gasteiger partial charge is 0.341 e. The highest BCUT2D eigenvalue weighted by Crippen LogP contribution is 2.21. The standard InChI is InChI=1S/C12H10ClN3O4S/c13-8-1-2-9(20-5-11(18)19)7(3-8)4-14-16-12-15-10(17)6-21-12/h1-4H,5-6H2,(H,18,19)(H,15,16,17). The first-order valence-electron chi connectivity index (χ1n) is 5.72. The van der Waals surface area contributed by atoms with Crippen LogP contribution in [-0.2, 0) is 9.59 Å². The lowest BCUT2D eigenvalue weighted by Crippen LogP contribution is -2.19. The lowest BCUT2D eigenvalue weighted by atomic mass is 10.2. The number of aliphatic carboxylic acids is 1. The Labute approximate surface area is 129 Å². The zero-order chi connectivity index (χ0) is 15.2. The summed E-state index contributed by atoms with van der Waals surface area (Å²) >= 11 is 7.12. The van der Waals surface area contributed by atoms with E-state index < -0.39 is 12.6 Å². The fourth-order valence-electron chi connectivity index (χ4n) is 1.41. The Morgan fingerprint density at radius 1 is 1.57 bits per heavy atom. The van der Waals surface area contributed by atoms with Gasteiger partial charge in [-0.1, -0.05) is 23.4 Å². The fraction of sp³-hybridized carbons (Fsp3) is 0.167. The van der Waals surface area contributed by atoms with Gasteiger partial charge in [0.2, 0.25) is 5.91 Å². The van der Waals surface area contributed by atoms with Gasteiger partial charge in [0.1, 0.15) is 5.75 Å². The number of carbonyl (C=O) groups is 2. The van der Waals surface area contributed by atoms with Crippen molar-refractivity contribution in [2.45, 2.75) is 0 Å². The molecule has 0 radical (unpaired) electrons. The summed E-state index contributed by atoms with van der Waals surface area (Å²) in [5.74, 6) is -0.562. The van der Waals surface area contributed by atoms with Crippen LogP contribution in [-0.4, -0.2) is 40.7 Å². The molecule has 1 aromatic carbocycles. The molecule has 1 heterocycles. The van der Waals surface area contributed by atoms with E-state index in [9.17, 15) is 9.59 Å². The van der Waals surface area contributed by atoms with E-state index in [1.807, 2.05) is 0 Å². The van der Waals surface area contributed by atoms with Crippen molar-refractivity contribution in [3.8, 4) is 5.75 Å². The summed E-state index contributed by atoms with van der Waals surface area (Å²) in [6, 6.07) is 4.70. The average molecular weight is 328 g/mol. The van der Waals surface area contributed by atoms with Crippen molar-refractivity contribution in [1.82, 2.24) is 5.32 Å². The number of rotatable bonds is 5. The van der Waals surface area contributed by atoms with Crippen molar-refractivity contribution < 1.29 is 19.4 Å². The topological polar surface area (TPSA) is 100 Å². The summed E-state index contributed by atoms with van der Waals surface area (Å²) < 4.78 is 5.12. The third-order valence-corrected chi connectivity index (χ3v) is 3.35. The molecule has 0 unspecified atom stereocenters. The van der Waals surface area contributed by atoms with E-state index in [1.165, 1.54) is 18.0 Å². The zero-order valence-electron chi connectivity index (χ0n) is 10.6. The molecule has 0 atom stereocenters. The Morgan fingerprint density at radius 2 is 2.38 bits per heavy atom. The lowest BCUT2D eigenvalue weighted by molar-refractivity contribution is -0.139. The number of amidine groups is 1. The van der Waals surface area contributed by atoms with Crippen LogP contribution in [0.5, 0.6) is 5.75 Å². The number of carboxylic acid groups (broad SMARTS) is 1. The summed E-state index contributed by atoms with van der Waals surface area (Å²) in [6.45, 7) is -0.469. The highest BCUT2D eigenvalue weighted by atomic mass is 35.5. The van der Waals surface area contributed by atoms with Crippen LogP contribution in [0.25, 0.3) is 0 Å². The molecule has 2 rings (SSSR count). The van der Waals surface area contributed by atoms with Crippen LogP contribution in [0.15, 0.2) is 28.4 Å². The first-order chi connectivity index (χ1) is 10.0. The molecule has 0 aliphatic carbocycles. The molecule has 9 heteroatoms. The Hall–Kier alpha value is -2.06. The summed E-state index contributed by atoms with van der Waals surface area (Å²) in [5, 5.41) is 19.7. The largest absolute Gasteiger partial charge is 0.481 e. The van der Waals surface area contributed by atoms with Gasteiger partial charge in [0.05, 0.1) is 12.0 Å². The van der Waals surface area contributed by atoms with Crippen LogP contribution >= 0.6 is 23.4 Å². The number of ether oxygens (including phenoxy) is 1. The van der Waals surface area contributed by atoms with Crippen LogP contribution < -0.4 is 10.1 Å². The normalized spacial score (nSPS) is 16.4. The molecule has 1 aliphatic rings. The molecule has 1 aliphatic heterocycles. The number of nitrogens with zero attached hydrogens (tertiary/aromatic N) is 2. The monoisotopic (exact) mass is 327 g/mol. The summed E-state index contributed by atoms with van der Waals surface area (Å²) in [6.07, 6.45) is 1.38. The molecule has 2 N–H and O–H groups in total. The van der Waals surface area contributed by atoms with Crippen molar-refractivity contribution >= 4 is 46.6 Å². The number of amides is 1. The lowest BCUT2D eigenvalue weighted by Gasteiger charge is -2.06. The molecule has 1 aromatic rings. The van der Waals surface area contributed by atoms with E-state index in [-0.39, 0.29) is 5.91 Å². The third-order valence-electron chi connectivity index (χ3n) is 2.25. The van der Waals surface area contributed by atoms with Crippen LogP contribution in [0.2, 0.25) is 5.02 Å². The van der Waals surface area contributed by atoms with Gasteiger partial charge in [0.15, 0.2) is 11.8 Å². The van der Waals surface area contributed by atoms with E-state index in [1.54, 1.807) is 18.2 Å². The molecule has 21 heavy (non-hydrogen) atoms. The molecule has 1 amide bonds. The maximum atomic E-state index is 11.0. The Morgan fingerprint density at radius 3 is 3.05 bits per heavy atom. The maximum absolute atomic E-state index is 11.0. The number of halogens is 1. The SMILES string of the molecule is O=C(O)COc1ccc(Cl)cc1C=NN=C1NC(=O)CS1. The second kappa shape index (κ2) is 7.09. The number of carbonyl (C=O) groups excluding carboxylic acids is 1. The van der Waals surface area contributed by atoms with E-state index in [0.29, 0.717) is 27.3 Å². The minimum Gasteiger partial charge on any atom is -0.481 e. The van der Waals surface area contributed by atoms with E-state index >= 15 is 0 Å². The molecule has 1 saturated heterocycles. The number of benzene rings is 1. The number of nitrogens with one attached hydrogen (secondary N) is 1. The fourth-order valence-corrected chi connectivity index (χ4v) is 2.23. The second-order valence-electron chi connectivity index (χ2n) is 3.85. The summed E-state index contributed by atoms with van der Waals surface area (Å²) in [7, 11) is 0. The van der Waals surface area contributed by atoms with Crippen LogP contribution in [0.1, 0.15) is 5.56 Å². The highest BCUT2D eigenvalue weighted by Gasteiger charge is 2.16. The van der Waals surface area contributed by atoms with Gasteiger partial charge in [-0.15, -0.1) is 5.10 Å². The van der Waals surface area contributed by atoms with Crippen molar-refractivity contribution in [2.24, 2.45) is 10.2 Å². The third kappa shape index (κ3) is 4.76. The molecular formula is C12H10ClN3O4S. The molecule has 7 nitrogen and oxygen atoms in total. The minimum absolute atomic E-state index is 0.123. The molecule has 0 aromatic heterocycles. The predicted molar refractivity (Wildman–Crippen MR) is 80.2 cm³/mol. The van der Waals surface area contributed by atoms with Gasteiger partial charge in [0.25, 0.3) is 0 Å². The van der Waals surface area contributed by atoms with Crippen LogP contribution in [0, 0.1) is 0 Å². The number of hydrogen-bond donors (Lipinski definition) is 2. The summed E-state index contributed by atoms with van der Waals surface area (Å²) in [4.78, 5) is 21.5. The van der Waals surface area contributed by atoms with Gasteiger partial charge >= 0.3 is 5.97 Å². The Kier molecular flexibility index (Phi) is 5.18. The molecule has 0 saturated carbocycles. The van der Waals surface area contributed by atoms with Crippen molar-refractivity contribution in [3.05, 3.63) is 28.8 Å². The average Bonchev–Trinajstić information content (AvgIpc) is 2.83. The van der Waals surface area contributed by atoms with Gasteiger partial charge in [-0.25, -0.2) is 4.79 Å². The second-order valence-corrected chi connectivity index (χ2v) is 5.25. The van der Waals surface area contributed by atoms with Crippen LogP contribution in [0.3, 0.4) is 0 Å². The van der Waals surface area contributed by atoms with Crippen molar-refractivity contribution in [2.75, 3.05) is 12.4 Å². The van der Waals surface area contributed by atoms with Gasteiger partial charge < -0.3 is 15.2 Å². The first kappa shape index (κ1) is 15.3. The van der Waals surface area contributed by atoms with Gasteiger partial charge in [0, 0.05) is 10.6 Å². The maximum Gasteiger partial charge on any atom is 0.341 e. The first-order valence-corrected chi connectivity index (χ1v) is 7.09. The summed E-state index contributed by atoms with van der Waals surface area (Å²) in [5.41, 5.74) is 0.488. The molecule has 0 bridgehead atoms. The Balaban J connectivity index is 2.12. The van der Waals surface area contributed by atoms with Crippen LogP contribution in [0.4, 0.5) is 0 Å². The minimum atomic E-state index is -1.09. The molecular weight excluding hydrogens is 318 g/mol. The molecule has 0 spiro atoms. The van der Waals surface area contributed by atoms with Gasteiger partial charge in [-0.05, 0) is 18.2 Å². The number of hydrogen-bond acceptors (Lipinski definition) is 6. The van der Waals surface area contributed by atoms with Gasteiger partial charge in [-0.3, -0.25) is 4.79 Å². The van der Waals surface area contributed by atoms with Crippen molar-refractivity contribution in [1.29, 1.82) is 0 Å². The Bertz CT molecular complexity index is 633. The quantitative estimate of drug-likeness (QED) is 0.628. The van der Waals surface area contributed by atoms with Crippen molar-refractivity contribution in [3.63, 3.8) is 0 Å². The number of thioether (sulfide) groups is 1. The van der Waals surface area contributed by atoms with E-state index in [4.69, 9.17) is 21.4 Å².